The van der Waals surface area contributed by atoms with Crippen LogP contribution in [-0.2, 0) is 19.1 Å². The maximum atomic E-state index is 12.4. The predicted molar refractivity (Wildman–Crippen MR) is 113 cm³/mol. The van der Waals surface area contributed by atoms with Crippen LogP contribution in [-0.4, -0.2) is 70.5 Å². The fourth-order valence-electron chi connectivity index (χ4n) is 3.89. The number of aliphatic carboxylic acids is 1. The molecule has 1 heterocycles. The molecule has 2 aliphatic rings. The molecule has 1 aliphatic carbocycles. The van der Waals surface area contributed by atoms with Crippen LogP contribution in [0.5, 0.6) is 11.5 Å². The number of esters is 1. The number of carboxylic acid groups (broad SMARTS) is 1. The van der Waals surface area contributed by atoms with Gasteiger partial charge >= 0.3 is 11.9 Å². The summed E-state index contributed by atoms with van der Waals surface area (Å²) in [5.74, 6) is -1.03. The Hall–Kier alpha value is -2.62. The van der Waals surface area contributed by atoms with Crippen molar-refractivity contribution in [1.82, 2.24) is 0 Å². The number of hydrogen-bond donors (Lipinski definition) is 3. The fourth-order valence-corrected chi connectivity index (χ4v) is 3.89. The van der Waals surface area contributed by atoms with Gasteiger partial charge in [0.2, 0.25) is 0 Å². The summed E-state index contributed by atoms with van der Waals surface area (Å²) in [6.07, 6.45) is -0.408. The van der Waals surface area contributed by atoms with E-state index in [2.05, 4.69) is 0 Å². The molecule has 0 amide bonds. The van der Waals surface area contributed by atoms with E-state index < -0.39 is 42.3 Å². The van der Waals surface area contributed by atoms with Gasteiger partial charge in [0, 0.05) is 18.9 Å². The number of benzene rings is 1. The van der Waals surface area contributed by atoms with E-state index in [1.165, 1.54) is 12.2 Å². The molecule has 0 saturated heterocycles. The standard InChI is InChI=1S/C23H30O9/c1-3-15(4-2)31-18-12-23(28,22(26)27)13-19(21(18)25)32-20(24)8-6-14-5-7-16-17(11-14)30-10-9-29-16/h5-8,11,15,18-19,21,25,28H,3-4,9-10,12-13H2,1-2H3,(H,26,27)/b8-6+/t18-,19-,21-,23+/m1/s1. The van der Waals surface area contributed by atoms with Gasteiger partial charge in [-0.05, 0) is 36.6 Å². The first-order valence-electron chi connectivity index (χ1n) is 10.8. The molecule has 9 nitrogen and oxygen atoms in total. The number of rotatable bonds is 8. The second-order valence-corrected chi connectivity index (χ2v) is 8.06. The van der Waals surface area contributed by atoms with Gasteiger partial charge in [0.25, 0.3) is 0 Å². The number of aliphatic hydroxyl groups is 2. The lowest BCUT2D eigenvalue weighted by Gasteiger charge is -2.42. The number of carbonyl (C=O) groups excluding carboxylic acids is 1. The van der Waals surface area contributed by atoms with Crippen molar-refractivity contribution in [3.63, 3.8) is 0 Å². The molecule has 0 spiro atoms. The molecule has 0 radical (unpaired) electrons. The topological polar surface area (TPSA) is 132 Å². The minimum Gasteiger partial charge on any atom is -0.486 e. The minimum absolute atomic E-state index is 0.211. The zero-order valence-corrected chi connectivity index (χ0v) is 18.2. The van der Waals surface area contributed by atoms with Crippen molar-refractivity contribution in [2.45, 2.75) is 69.5 Å². The van der Waals surface area contributed by atoms with E-state index in [4.69, 9.17) is 18.9 Å². The van der Waals surface area contributed by atoms with E-state index in [1.54, 1.807) is 18.2 Å². The first-order valence-corrected chi connectivity index (χ1v) is 10.8. The van der Waals surface area contributed by atoms with Crippen LogP contribution in [0.4, 0.5) is 0 Å². The van der Waals surface area contributed by atoms with Gasteiger partial charge < -0.3 is 34.3 Å². The summed E-state index contributed by atoms with van der Waals surface area (Å²) < 4.78 is 22.1. The second kappa shape index (κ2) is 10.3. The van der Waals surface area contributed by atoms with Crippen molar-refractivity contribution in [3.8, 4) is 11.5 Å². The highest BCUT2D eigenvalue weighted by molar-refractivity contribution is 5.87. The number of ether oxygens (including phenoxy) is 4. The number of aliphatic hydroxyl groups excluding tert-OH is 1. The normalized spacial score (nSPS) is 27.5. The molecule has 9 heteroatoms. The Labute approximate surface area is 186 Å². The monoisotopic (exact) mass is 450 g/mol. The summed E-state index contributed by atoms with van der Waals surface area (Å²) in [6, 6.07) is 5.20. The highest BCUT2D eigenvalue weighted by atomic mass is 16.6. The highest BCUT2D eigenvalue weighted by Crippen LogP contribution is 2.34. The van der Waals surface area contributed by atoms with Gasteiger partial charge in [-0.1, -0.05) is 19.9 Å². The van der Waals surface area contributed by atoms with Gasteiger partial charge in [-0.15, -0.1) is 0 Å². The van der Waals surface area contributed by atoms with Gasteiger partial charge in [-0.2, -0.15) is 0 Å². The quantitative estimate of drug-likeness (QED) is 0.401. The maximum absolute atomic E-state index is 12.4. The summed E-state index contributed by atoms with van der Waals surface area (Å²) in [7, 11) is 0. The van der Waals surface area contributed by atoms with Crippen molar-refractivity contribution in [1.29, 1.82) is 0 Å². The molecule has 1 fully saturated rings. The van der Waals surface area contributed by atoms with Gasteiger partial charge in [0.05, 0.1) is 12.2 Å². The summed E-state index contributed by atoms with van der Waals surface area (Å²) in [5, 5.41) is 30.7. The van der Waals surface area contributed by atoms with Crippen molar-refractivity contribution in [2.75, 3.05) is 13.2 Å². The molecule has 1 aliphatic heterocycles. The van der Waals surface area contributed by atoms with Gasteiger partial charge in [0.1, 0.15) is 25.4 Å². The summed E-state index contributed by atoms with van der Waals surface area (Å²) in [5.41, 5.74) is -1.49. The van der Waals surface area contributed by atoms with Crippen molar-refractivity contribution < 1.29 is 43.9 Å². The van der Waals surface area contributed by atoms with Crippen LogP contribution in [0.2, 0.25) is 0 Å². The molecule has 1 saturated carbocycles. The Balaban J connectivity index is 1.69. The number of hydrogen-bond acceptors (Lipinski definition) is 8. The predicted octanol–water partition coefficient (Wildman–Crippen LogP) is 1.93. The van der Waals surface area contributed by atoms with Gasteiger partial charge in [-0.25, -0.2) is 9.59 Å². The SMILES string of the molecule is CCC(CC)O[C@@H]1C[C@@](O)(C(=O)O)C[C@@H](OC(=O)/C=C/c2ccc3c(c2)OCCO3)[C@@H]1O. The first kappa shape index (κ1) is 24.0. The molecule has 4 atom stereocenters. The van der Waals surface area contributed by atoms with Crippen LogP contribution >= 0.6 is 0 Å². The van der Waals surface area contributed by atoms with E-state index >= 15 is 0 Å². The average molecular weight is 450 g/mol. The lowest BCUT2D eigenvalue weighted by molar-refractivity contribution is -0.209. The Morgan fingerprint density at radius 2 is 1.81 bits per heavy atom. The third kappa shape index (κ3) is 5.59. The van der Waals surface area contributed by atoms with E-state index in [0.717, 1.165) is 0 Å². The molecule has 32 heavy (non-hydrogen) atoms. The molecule has 0 unspecified atom stereocenters. The van der Waals surface area contributed by atoms with Gasteiger partial charge in [0.15, 0.2) is 17.1 Å². The van der Waals surface area contributed by atoms with Crippen molar-refractivity contribution in [3.05, 3.63) is 29.8 Å². The maximum Gasteiger partial charge on any atom is 0.335 e. The minimum atomic E-state index is -2.17. The summed E-state index contributed by atoms with van der Waals surface area (Å²) >= 11 is 0. The van der Waals surface area contributed by atoms with Crippen LogP contribution in [0.1, 0.15) is 45.1 Å². The molecule has 0 bridgehead atoms. The van der Waals surface area contributed by atoms with Crippen LogP contribution in [0.15, 0.2) is 24.3 Å². The smallest absolute Gasteiger partial charge is 0.335 e. The van der Waals surface area contributed by atoms with E-state index in [9.17, 15) is 24.9 Å². The molecule has 1 aromatic carbocycles. The van der Waals surface area contributed by atoms with Crippen LogP contribution < -0.4 is 9.47 Å². The van der Waals surface area contributed by atoms with Gasteiger partial charge in [-0.3, -0.25) is 0 Å². The Bertz CT molecular complexity index is 848. The lowest BCUT2D eigenvalue weighted by Crippen LogP contribution is -2.58. The Kier molecular flexibility index (Phi) is 7.76. The summed E-state index contributed by atoms with van der Waals surface area (Å²) in [6.45, 7) is 4.73. The third-order valence-corrected chi connectivity index (χ3v) is 5.76. The molecule has 176 valence electrons. The second-order valence-electron chi connectivity index (χ2n) is 8.06. The highest BCUT2D eigenvalue weighted by Gasteiger charge is 2.51. The molecule has 3 rings (SSSR count). The number of fused-ring (bicyclic) bond motifs is 1. The van der Waals surface area contributed by atoms with Crippen LogP contribution in [0.25, 0.3) is 6.08 Å². The average Bonchev–Trinajstić information content (AvgIpc) is 2.78. The van der Waals surface area contributed by atoms with E-state index in [0.29, 0.717) is 43.1 Å². The third-order valence-electron chi connectivity index (χ3n) is 5.76. The number of carboxylic acids is 1. The van der Waals surface area contributed by atoms with E-state index in [1.807, 2.05) is 13.8 Å². The fraction of sp³-hybridized carbons (Fsp3) is 0.565. The van der Waals surface area contributed by atoms with Crippen LogP contribution in [0.3, 0.4) is 0 Å². The van der Waals surface area contributed by atoms with Crippen molar-refractivity contribution >= 4 is 18.0 Å². The molecule has 0 aromatic heterocycles. The Morgan fingerprint density at radius 1 is 1.16 bits per heavy atom. The number of carbonyl (C=O) groups is 2. The summed E-state index contributed by atoms with van der Waals surface area (Å²) in [4.78, 5) is 24.0. The zero-order chi connectivity index (χ0) is 23.3. The lowest BCUT2D eigenvalue weighted by atomic mass is 9.79. The molecule has 3 N–H and O–H groups in total. The van der Waals surface area contributed by atoms with E-state index in [-0.39, 0.29) is 12.5 Å². The molecule has 1 aromatic rings. The first-order chi connectivity index (χ1) is 15.3. The van der Waals surface area contributed by atoms with Crippen molar-refractivity contribution in [2.24, 2.45) is 0 Å². The molecular weight excluding hydrogens is 420 g/mol. The Morgan fingerprint density at radius 3 is 2.47 bits per heavy atom. The zero-order valence-electron chi connectivity index (χ0n) is 18.2. The molecular formula is C23H30O9. The largest absolute Gasteiger partial charge is 0.486 e. The van der Waals surface area contributed by atoms with Crippen LogP contribution in [0, 0.1) is 0 Å².